The molecule has 6 nitrogen and oxygen atoms in total. The Bertz CT molecular complexity index is 702. The molecular weight excluding hydrogens is 488 g/mol. The van der Waals surface area contributed by atoms with Crippen molar-refractivity contribution < 1.29 is 19.0 Å². The van der Waals surface area contributed by atoms with E-state index < -0.39 is 6.10 Å². The summed E-state index contributed by atoms with van der Waals surface area (Å²) < 4.78 is 23.9. The Labute approximate surface area is 188 Å². The van der Waals surface area contributed by atoms with Crippen LogP contribution in [0.1, 0.15) is 12.5 Å². The zero-order chi connectivity index (χ0) is 20.0. The van der Waals surface area contributed by atoms with Gasteiger partial charge in [0.2, 0.25) is 0 Å². The van der Waals surface area contributed by atoms with E-state index in [0.717, 1.165) is 5.56 Å². The highest BCUT2D eigenvalue weighted by atomic mass is 127. The first-order valence-corrected chi connectivity index (χ1v) is 9.37. The fourth-order valence-electron chi connectivity index (χ4n) is 2.32. The van der Waals surface area contributed by atoms with Gasteiger partial charge in [0, 0.05) is 13.1 Å². The Kier molecular flexibility index (Phi) is 13.0. The Morgan fingerprint density at radius 2 is 1.83 bits per heavy atom. The minimum absolute atomic E-state index is 0. The molecule has 0 aliphatic rings. The number of aliphatic hydroxyl groups is 1. The van der Waals surface area contributed by atoms with Crippen molar-refractivity contribution in [2.75, 3.05) is 32.8 Å². The highest BCUT2D eigenvalue weighted by Crippen LogP contribution is 2.11. The summed E-state index contributed by atoms with van der Waals surface area (Å²) in [6.07, 6.45) is -0.769. The molecule has 0 fully saturated rings. The van der Waals surface area contributed by atoms with E-state index in [4.69, 9.17) is 9.47 Å². The molecule has 0 aliphatic heterocycles. The van der Waals surface area contributed by atoms with Crippen LogP contribution in [0.4, 0.5) is 4.39 Å². The quantitative estimate of drug-likeness (QED) is 0.185. The molecule has 0 amide bonds. The predicted octanol–water partition coefficient (Wildman–Crippen LogP) is 2.96. The van der Waals surface area contributed by atoms with E-state index in [2.05, 4.69) is 15.6 Å². The van der Waals surface area contributed by atoms with Crippen molar-refractivity contribution in [3.8, 4) is 5.75 Å². The molecule has 1 atom stereocenters. The fourth-order valence-corrected chi connectivity index (χ4v) is 2.32. The van der Waals surface area contributed by atoms with Crippen molar-refractivity contribution >= 4 is 29.9 Å². The lowest BCUT2D eigenvalue weighted by molar-refractivity contribution is 0.114. The van der Waals surface area contributed by atoms with Gasteiger partial charge in [-0.15, -0.1) is 24.0 Å². The molecule has 0 aromatic heterocycles. The van der Waals surface area contributed by atoms with E-state index in [0.29, 0.717) is 38.0 Å². The molecule has 29 heavy (non-hydrogen) atoms. The van der Waals surface area contributed by atoms with Gasteiger partial charge in [-0.2, -0.15) is 0 Å². The van der Waals surface area contributed by atoms with Gasteiger partial charge in [0.15, 0.2) is 5.96 Å². The Balaban J connectivity index is 0.00000420. The fraction of sp³-hybridized carbons (Fsp3) is 0.381. The predicted molar refractivity (Wildman–Crippen MR) is 123 cm³/mol. The van der Waals surface area contributed by atoms with Gasteiger partial charge in [0.1, 0.15) is 24.3 Å². The first kappa shape index (κ1) is 25.1. The number of halogens is 2. The number of rotatable bonds is 11. The number of benzene rings is 2. The van der Waals surface area contributed by atoms with Crippen LogP contribution in [0.3, 0.4) is 0 Å². The summed E-state index contributed by atoms with van der Waals surface area (Å²) in [5.41, 5.74) is 1.13. The number of guanidine groups is 1. The van der Waals surface area contributed by atoms with Gasteiger partial charge in [0.05, 0.1) is 19.8 Å². The smallest absolute Gasteiger partial charge is 0.191 e. The van der Waals surface area contributed by atoms with Crippen LogP contribution >= 0.6 is 24.0 Å². The van der Waals surface area contributed by atoms with Crippen LogP contribution in [0.15, 0.2) is 59.6 Å². The summed E-state index contributed by atoms with van der Waals surface area (Å²) in [5, 5.41) is 16.3. The minimum Gasteiger partial charge on any atom is -0.491 e. The first-order valence-electron chi connectivity index (χ1n) is 9.37. The number of aliphatic imine (C=N–C) groups is 1. The molecule has 0 saturated heterocycles. The average Bonchev–Trinajstić information content (AvgIpc) is 2.72. The second-order valence-corrected chi connectivity index (χ2v) is 6.10. The van der Waals surface area contributed by atoms with Crippen LogP contribution in [0.5, 0.6) is 5.75 Å². The highest BCUT2D eigenvalue weighted by molar-refractivity contribution is 14.0. The van der Waals surface area contributed by atoms with Crippen LogP contribution in [0.2, 0.25) is 0 Å². The molecule has 0 radical (unpaired) electrons. The van der Waals surface area contributed by atoms with Crippen molar-refractivity contribution in [1.82, 2.24) is 10.6 Å². The number of hydrogen-bond acceptors (Lipinski definition) is 4. The summed E-state index contributed by atoms with van der Waals surface area (Å²) in [7, 11) is 0. The molecule has 2 aromatic rings. The number of hydrogen-bond donors (Lipinski definition) is 3. The van der Waals surface area contributed by atoms with Crippen molar-refractivity contribution in [1.29, 1.82) is 0 Å². The topological polar surface area (TPSA) is 75.1 Å². The second kappa shape index (κ2) is 15.0. The molecule has 0 heterocycles. The van der Waals surface area contributed by atoms with Crippen LogP contribution in [0.25, 0.3) is 0 Å². The lowest BCUT2D eigenvalue weighted by atomic mass is 10.2. The van der Waals surface area contributed by atoms with Crippen LogP contribution in [-0.2, 0) is 11.3 Å². The van der Waals surface area contributed by atoms with E-state index >= 15 is 0 Å². The second-order valence-electron chi connectivity index (χ2n) is 6.10. The molecule has 0 saturated carbocycles. The van der Waals surface area contributed by atoms with E-state index in [-0.39, 0.29) is 42.9 Å². The Morgan fingerprint density at radius 3 is 2.52 bits per heavy atom. The summed E-state index contributed by atoms with van der Waals surface area (Å²) in [5.74, 6) is 0.781. The molecule has 0 spiro atoms. The van der Waals surface area contributed by atoms with Gasteiger partial charge in [-0.05, 0) is 36.8 Å². The molecule has 8 heteroatoms. The molecule has 160 valence electrons. The first-order chi connectivity index (χ1) is 13.7. The largest absolute Gasteiger partial charge is 0.491 e. The maximum atomic E-state index is 12.9. The van der Waals surface area contributed by atoms with Gasteiger partial charge in [-0.25, -0.2) is 4.39 Å². The summed E-state index contributed by atoms with van der Waals surface area (Å²) >= 11 is 0. The number of ether oxygens (including phenoxy) is 2. The summed E-state index contributed by atoms with van der Waals surface area (Å²) in [4.78, 5) is 4.34. The molecule has 2 rings (SSSR count). The van der Waals surface area contributed by atoms with E-state index in [1.54, 1.807) is 0 Å². The van der Waals surface area contributed by atoms with Crippen molar-refractivity contribution in [3.05, 3.63) is 66.0 Å². The SMILES string of the molecule is CCNC(=NCC(O)COc1ccc(F)cc1)NCCOCc1ccccc1.I. The third-order valence-corrected chi connectivity index (χ3v) is 3.71. The van der Waals surface area contributed by atoms with Gasteiger partial charge < -0.3 is 25.2 Å². The standard InChI is InChI=1S/C21H28FN3O3.HI/c1-2-23-21(24-12-13-27-15-17-6-4-3-5-7-17)25-14-19(26)16-28-20-10-8-18(22)9-11-20;/h3-11,19,26H,2,12-16H2,1H3,(H2,23,24,25);1H. The van der Waals surface area contributed by atoms with Crippen molar-refractivity contribution in [3.63, 3.8) is 0 Å². The van der Waals surface area contributed by atoms with Gasteiger partial charge in [0.25, 0.3) is 0 Å². The van der Waals surface area contributed by atoms with Crippen LogP contribution in [-0.4, -0.2) is 50.0 Å². The maximum Gasteiger partial charge on any atom is 0.191 e. The van der Waals surface area contributed by atoms with E-state index in [1.807, 2.05) is 37.3 Å². The van der Waals surface area contributed by atoms with Gasteiger partial charge in [-0.1, -0.05) is 30.3 Å². The molecular formula is C21H29FIN3O3. The normalized spacial score (nSPS) is 12.0. The number of aliphatic hydroxyl groups excluding tert-OH is 1. The van der Waals surface area contributed by atoms with Gasteiger partial charge in [-0.3, -0.25) is 4.99 Å². The zero-order valence-corrected chi connectivity index (χ0v) is 18.8. The minimum atomic E-state index is -0.769. The molecule has 2 aromatic carbocycles. The Morgan fingerprint density at radius 1 is 1.10 bits per heavy atom. The zero-order valence-electron chi connectivity index (χ0n) is 16.5. The maximum absolute atomic E-state index is 12.9. The number of nitrogens with zero attached hydrogens (tertiary/aromatic N) is 1. The summed E-state index contributed by atoms with van der Waals surface area (Å²) in [6.45, 7) is 4.64. The highest BCUT2D eigenvalue weighted by Gasteiger charge is 2.06. The molecule has 1 unspecified atom stereocenters. The lowest BCUT2D eigenvalue weighted by Crippen LogP contribution is -2.39. The third kappa shape index (κ3) is 11.0. The van der Waals surface area contributed by atoms with Crippen molar-refractivity contribution in [2.45, 2.75) is 19.6 Å². The van der Waals surface area contributed by atoms with Crippen LogP contribution < -0.4 is 15.4 Å². The number of nitrogens with one attached hydrogen (secondary N) is 2. The summed E-state index contributed by atoms with van der Waals surface area (Å²) in [6, 6.07) is 15.7. The molecule has 3 N–H and O–H groups in total. The Hall–Kier alpha value is -1.91. The van der Waals surface area contributed by atoms with E-state index in [1.165, 1.54) is 24.3 Å². The lowest BCUT2D eigenvalue weighted by Gasteiger charge is -2.14. The third-order valence-electron chi connectivity index (χ3n) is 3.71. The van der Waals surface area contributed by atoms with E-state index in [9.17, 15) is 9.50 Å². The molecule has 0 aliphatic carbocycles. The average molecular weight is 517 g/mol. The van der Waals surface area contributed by atoms with Crippen molar-refractivity contribution in [2.24, 2.45) is 4.99 Å². The molecule has 0 bridgehead atoms. The van der Waals surface area contributed by atoms with Gasteiger partial charge >= 0.3 is 0 Å². The van der Waals surface area contributed by atoms with Crippen LogP contribution in [0, 0.1) is 5.82 Å². The monoisotopic (exact) mass is 517 g/mol.